The lowest BCUT2D eigenvalue weighted by Crippen LogP contribution is -2.71. The van der Waals surface area contributed by atoms with Crippen LogP contribution in [-0.2, 0) is 27.2 Å². The molecule has 0 unspecified atom stereocenters. The second-order valence-electron chi connectivity index (χ2n) is 13.9. The van der Waals surface area contributed by atoms with Crippen LogP contribution in [0.15, 0.2) is 60.2 Å². The standard InChI is InChI=1S/C39H40F5N3O6/c40-28-5-1-4-24(35(28)43)14-15-47(25-10-11-25)38(52)34-27(19-39(21-45-20-31(34)46-39)32(49)17-26(48)18-33(50)51)23-8-6-22(7-9-23)3-2-16-53-37-30(42)13-12-29(41)36(37)44/h1,4-9,12-13,25-26,31,45-46,48H,2-3,10-11,14-21H2,(H,50,51)/t26-,31-,39-/m1/s1. The molecule has 0 spiro atoms. The molecule has 1 aliphatic carbocycles. The number of aliphatic hydroxyl groups is 1. The molecule has 6 rings (SSSR count). The van der Waals surface area contributed by atoms with Gasteiger partial charge in [-0.3, -0.25) is 19.7 Å². The summed E-state index contributed by atoms with van der Waals surface area (Å²) in [7, 11) is 0. The molecule has 2 bridgehead atoms. The molecule has 282 valence electrons. The first-order valence-electron chi connectivity index (χ1n) is 17.6. The summed E-state index contributed by atoms with van der Waals surface area (Å²) in [5.41, 5.74) is 1.39. The molecule has 53 heavy (non-hydrogen) atoms. The summed E-state index contributed by atoms with van der Waals surface area (Å²) >= 11 is 0. The molecule has 1 saturated carbocycles. The van der Waals surface area contributed by atoms with Gasteiger partial charge in [0.05, 0.1) is 30.7 Å². The van der Waals surface area contributed by atoms with Crippen LogP contribution in [0.5, 0.6) is 5.75 Å². The predicted molar refractivity (Wildman–Crippen MR) is 183 cm³/mol. The number of hydrogen-bond acceptors (Lipinski definition) is 7. The van der Waals surface area contributed by atoms with Crippen LogP contribution in [0.4, 0.5) is 22.0 Å². The number of nitrogens with one attached hydrogen (secondary N) is 2. The number of hydrogen-bond donors (Lipinski definition) is 4. The molecule has 3 aromatic carbocycles. The van der Waals surface area contributed by atoms with Crippen LogP contribution in [0, 0.1) is 29.1 Å². The van der Waals surface area contributed by atoms with Crippen molar-refractivity contribution in [3.05, 3.63) is 106 Å². The summed E-state index contributed by atoms with van der Waals surface area (Å²) in [4.78, 5) is 41.3. The van der Waals surface area contributed by atoms with E-state index in [-0.39, 0.29) is 50.1 Å². The number of carboxylic acid groups (broad SMARTS) is 1. The lowest BCUT2D eigenvalue weighted by Gasteiger charge is -2.48. The molecule has 2 fully saturated rings. The normalized spacial score (nSPS) is 20.2. The van der Waals surface area contributed by atoms with E-state index in [4.69, 9.17) is 9.84 Å². The molecule has 2 aliphatic heterocycles. The maximum Gasteiger partial charge on any atom is 0.305 e. The fourth-order valence-corrected chi connectivity index (χ4v) is 7.19. The van der Waals surface area contributed by atoms with E-state index < -0.39 is 77.1 Å². The van der Waals surface area contributed by atoms with Crippen molar-refractivity contribution in [2.24, 2.45) is 0 Å². The number of halogens is 5. The number of amides is 1. The van der Waals surface area contributed by atoms with E-state index >= 15 is 0 Å². The van der Waals surface area contributed by atoms with Crippen LogP contribution in [-0.4, -0.2) is 82.7 Å². The molecule has 2 heterocycles. The third kappa shape index (κ3) is 8.61. The Morgan fingerprint density at radius 1 is 0.906 bits per heavy atom. The average molecular weight is 742 g/mol. The summed E-state index contributed by atoms with van der Waals surface area (Å²) < 4.78 is 75.2. The van der Waals surface area contributed by atoms with Crippen molar-refractivity contribution >= 4 is 23.2 Å². The van der Waals surface area contributed by atoms with Crippen LogP contribution in [0.3, 0.4) is 0 Å². The fourth-order valence-electron chi connectivity index (χ4n) is 7.19. The highest BCUT2D eigenvalue weighted by molar-refractivity contribution is 6.05. The first kappa shape index (κ1) is 38.1. The summed E-state index contributed by atoms with van der Waals surface area (Å²) in [6, 6.07) is 11.9. The van der Waals surface area contributed by atoms with Crippen LogP contribution in [0.1, 0.15) is 55.2 Å². The van der Waals surface area contributed by atoms with Crippen LogP contribution < -0.4 is 15.4 Å². The first-order chi connectivity index (χ1) is 25.4. The second kappa shape index (κ2) is 16.1. The zero-order valence-electron chi connectivity index (χ0n) is 28.8. The van der Waals surface area contributed by atoms with Gasteiger partial charge < -0.3 is 25.2 Å². The lowest BCUT2D eigenvalue weighted by atomic mass is 9.73. The minimum atomic E-state index is -1.40. The van der Waals surface area contributed by atoms with Gasteiger partial charge in [0, 0.05) is 44.1 Å². The quantitative estimate of drug-likeness (QED) is 0.0931. The number of ether oxygens (including phenoxy) is 1. The molecule has 14 heteroatoms. The molecular formula is C39H40F5N3O6. The van der Waals surface area contributed by atoms with Gasteiger partial charge in [-0.15, -0.1) is 0 Å². The Labute approximate surface area is 302 Å². The Hall–Kier alpha value is -4.66. The van der Waals surface area contributed by atoms with Crippen molar-refractivity contribution in [1.29, 1.82) is 0 Å². The molecule has 3 aromatic rings. The van der Waals surface area contributed by atoms with Gasteiger partial charge in [0.2, 0.25) is 5.82 Å². The molecule has 1 amide bonds. The molecule has 4 N–H and O–H groups in total. The summed E-state index contributed by atoms with van der Waals surface area (Å²) in [5.74, 6) is -8.29. The van der Waals surface area contributed by atoms with Crippen molar-refractivity contribution in [2.75, 3.05) is 26.2 Å². The molecule has 3 atom stereocenters. The number of carboxylic acids is 1. The second-order valence-corrected chi connectivity index (χ2v) is 13.9. The zero-order chi connectivity index (χ0) is 37.9. The highest BCUT2D eigenvalue weighted by Crippen LogP contribution is 2.40. The summed E-state index contributed by atoms with van der Waals surface area (Å²) in [5, 5.41) is 26.1. The number of benzene rings is 3. The van der Waals surface area contributed by atoms with Gasteiger partial charge in [0.15, 0.2) is 34.8 Å². The minimum absolute atomic E-state index is 0.0468. The van der Waals surface area contributed by atoms with Gasteiger partial charge in [-0.05, 0) is 72.6 Å². The topological polar surface area (TPSA) is 128 Å². The highest BCUT2D eigenvalue weighted by atomic mass is 19.2. The highest BCUT2D eigenvalue weighted by Gasteiger charge is 2.50. The SMILES string of the molecule is O=C(O)C[C@H](O)CC(=O)[C@@]12CNC[C@@H](N1)C(C(=O)N(CCc1cccc(F)c1F)C1CC1)=C(c1ccc(CCCOc3c(F)ccc(F)c3F)cc1)C2. The number of rotatable bonds is 16. The summed E-state index contributed by atoms with van der Waals surface area (Å²) in [6.45, 7) is 0.510. The maximum absolute atomic E-state index is 14.6. The van der Waals surface area contributed by atoms with Crippen LogP contribution in [0.2, 0.25) is 0 Å². The largest absolute Gasteiger partial charge is 0.488 e. The number of Topliss-reactive ketones (excluding diaryl/α,β-unsaturated/α-hetero) is 1. The number of carbonyl (C=O) groups excluding carboxylic acids is 2. The monoisotopic (exact) mass is 741 g/mol. The van der Waals surface area contributed by atoms with Crippen molar-refractivity contribution in [1.82, 2.24) is 15.5 Å². The van der Waals surface area contributed by atoms with E-state index in [1.165, 1.54) is 12.1 Å². The third-order valence-corrected chi connectivity index (χ3v) is 10.0. The average Bonchev–Trinajstić information content (AvgIpc) is 3.96. The molecular weight excluding hydrogens is 701 g/mol. The third-order valence-electron chi connectivity index (χ3n) is 10.0. The first-order valence-corrected chi connectivity index (χ1v) is 17.6. The van der Waals surface area contributed by atoms with E-state index in [1.54, 1.807) is 17.0 Å². The number of aliphatic hydroxyl groups excluding tert-OH is 1. The number of aliphatic carboxylic acids is 1. The fraction of sp³-hybridized carbons (Fsp3) is 0.410. The maximum atomic E-state index is 14.6. The van der Waals surface area contributed by atoms with Crippen molar-refractivity contribution in [3.63, 3.8) is 0 Å². The van der Waals surface area contributed by atoms with Crippen molar-refractivity contribution < 1.29 is 51.3 Å². The van der Waals surface area contributed by atoms with Gasteiger partial charge in [-0.25, -0.2) is 17.6 Å². The summed E-state index contributed by atoms with van der Waals surface area (Å²) in [6.07, 6.45) is -0.0118. The van der Waals surface area contributed by atoms with E-state index in [2.05, 4.69) is 10.6 Å². The Bertz CT molecular complexity index is 1900. The molecule has 9 nitrogen and oxygen atoms in total. The smallest absolute Gasteiger partial charge is 0.305 e. The van der Waals surface area contributed by atoms with Crippen LogP contribution in [0.25, 0.3) is 5.57 Å². The molecule has 0 radical (unpaired) electrons. The number of nitrogens with zero attached hydrogens (tertiary/aromatic N) is 1. The predicted octanol–water partition coefficient (Wildman–Crippen LogP) is 4.88. The van der Waals surface area contributed by atoms with Crippen LogP contribution >= 0.6 is 0 Å². The lowest BCUT2D eigenvalue weighted by molar-refractivity contribution is -0.140. The molecule has 0 aromatic heterocycles. The Morgan fingerprint density at radius 2 is 1.62 bits per heavy atom. The minimum Gasteiger partial charge on any atom is -0.488 e. The van der Waals surface area contributed by atoms with E-state index in [1.807, 2.05) is 12.1 Å². The number of fused-ring (bicyclic) bond motifs is 2. The number of aryl methyl sites for hydroxylation is 1. The van der Waals surface area contributed by atoms with E-state index in [9.17, 15) is 41.4 Å². The Kier molecular flexibility index (Phi) is 11.6. The van der Waals surface area contributed by atoms with E-state index in [0.29, 0.717) is 42.2 Å². The number of carbonyl (C=O) groups is 3. The van der Waals surface area contributed by atoms with Crippen molar-refractivity contribution in [2.45, 2.75) is 75.1 Å². The number of piperazine rings is 1. The zero-order valence-corrected chi connectivity index (χ0v) is 28.8. The van der Waals surface area contributed by atoms with Gasteiger partial charge in [-0.1, -0.05) is 36.4 Å². The number of ketones is 1. The molecule has 3 aliphatic rings. The van der Waals surface area contributed by atoms with Gasteiger partial charge in [-0.2, -0.15) is 4.39 Å². The van der Waals surface area contributed by atoms with Gasteiger partial charge >= 0.3 is 5.97 Å². The van der Waals surface area contributed by atoms with Gasteiger partial charge in [0.25, 0.3) is 5.91 Å². The Morgan fingerprint density at radius 3 is 2.34 bits per heavy atom. The molecule has 1 saturated heterocycles. The van der Waals surface area contributed by atoms with Crippen molar-refractivity contribution in [3.8, 4) is 5.75 Å². The van der Waals surface area contributed by atoms with E-state index in [0.717, 1.165) is 30.5 Å². The Balaban J connectivity index is 1.26. The van der Waals surface area contributed by atoms with Gasteiger partial charge in [0.1, 0.15) is 0 Å².